The fourth-order valence-electron chi connectivity index (χ4n) is 2.34. The number of alkyl halides is 3. The largest absolute Gasteiger partial charge is 0.436 e. The fraction of sp³-hybridized carbons (Fsp3) is 0.200. The average Bonchev–Trinajstić information content (AvgIpc) is 3.10. The van der Waals surface area contributed by atoms with Crippen LogP contribution in [0.4, 0.5) is 23.5 Å². The molecule has 12 heteroatoms. The number of hydrogen-bond acceptors (Lipinski definition) is 4. The van der Waals surface area contributed by atoms with Gasteiger partial charge in [-0.15, -0.1) is 5.10 Å². The van der Waals surface area contributed by atoms with Crippen LogP contribution in [0.25, 0.3) is 0 Å². The van der Waals surface area contributed by atoms with Crippen LogP contribution in [-0.2, 0) is 19.8 Å². The van der Waals surface area contributed by atoms with E-state index < -0.39 is 28.1 Å². The zero-order valence-electron chi connectivity index (χ0n) is 13.6. The van der Waals surface area contributed by atoms with Gasteiger partial charge in [-0.05, 0) is 33.6 Å². The number of nitrogens with zero attached hydrogens (tertiary/aromatic N) is 5. The van der Waals surface area contributed by atoms with E-state index in [2.05, 4.69) is 36.4 Å². The summed E-state index contributed by atoms with van der Waals surface area (Å²) in [6.45, 7) is 0.203. The Balaban J connectivity index is 1.76. The Bertz CT molecular complexity index is 997. The van der Waals surface area contributed by atoms with Crippen molar-refractivity contribution in [3.8, 4) is 0 Å². The minimum atomic E-state index is -4.71. The molecular formula is C15H11BrF4N6O. The molecule has 3 rings (SSSR count). The van der Waals surface area contributed by atoms with Crippen LogP contribution >= 0.6 is 15.9 Å². The van der Waals surface area contributed by atoms with E-state index in [0.29, 0.717) is 5.56 Å². The predicted octanol–water partition coefficient (Wildman–Crippen LogP) is 3.23. The Morgan fingerprint density at radius 1 is 1.30 bits per heavy atom. The Labute approximate surface area is 158 Å². The number of aromatic nitrogens is 5. The molecule has 0 unspecified atom stereocenters. The summed E-state index contributed by atoms with van der Waals surface area (Å²) in [5, 5.41) is 9.62. The maximum Gasteiger partial charge on any atom is 0.436 e. The van der Waals surface area contributed by atoms with Crippen molar-refractivity contribution in [3.05, 3.63) is 57.8 Å². The molecule has 0 atom stereocenters. The molecule has 1 N–H and O–H groups in total. The van der Waals surface area contributed by atoms with E-state index >= 15 is 0 Å². The van der Waals surface area contributed by atoms with Gasteiger partial charge in [-0.2, -0.15) is 18.3 Å². The van der Waals surface area contributed by atoms with Gasteiger partial charge in [0.15, 0.2) is 5.69 Å². The first kappa shape index (κ1) is 19.0. The van der Waals surface area contributed by atoms with Gasteiger partial charge in [-0.25, -0.2) is 14.1 Å². The third-order valence-corrected chi connectivity index (χ3v) is 4.22. The lowest BCUT2D eigenvalue weighted by Crippen LogP contribution is -2.17. The second-order valence-corrected chi connectivity index (χ2v) is 6.28. The Hall–Kier alpha value is -2.76. The molecule has 2 heterocycles. The first-order chi connectivity index (χ1) is 12.6. The molecule has 0 saturated heterocycles. The van der Waals surface area contributed by atoms with E-state index in [-0.39, 0.29) is 18.2 Å². The van der Waals surface area contributed by atoms with E-state index in [1.807, 2.05) is 0 Å². The van der Waals surface area contributed by atoms with Gasteiger partial charge < -0.3 is 0 Å². The van der Waals surface area contributed by atoms with Crippen molar-refractivity contribution in [2.75, 3.05) is 5.32 Å². The third-order valence-electron chi connectivity index (χ3n) is 3.47. The highest BCUT2D eigenvalue weighted by molar-refractivity contribution is 9.10. The molecule has 142 valence electrons. The highest BCUT2D eigenvalue weighted by atomic mass is 79.9. The van der Waals surface area contributed by atoms with Crippen molar-refractivity contribution in [2.24, 2.45) is 7.05 Å². The average molecular weight is 447 g/mol. The molecule has 0 aliphatic rings. The van der Waals surface area contributed by atoms with Crippen LogP contribution in [0.2, 0.25) is 0 Å². The SMILES string of the molecule is Cn1nc(C(F)(F)F)c(Br)c1C(=O)Nc1ncn(Cc2cccc(F)c2)n1. The summed E-state index contributed by atoms with van der Waals surface area (Å²) >= 11 is 2.76. The first-order valence-corrected chi connectivity index (χ1v) is 8.19. The lowest BCUT2D eigenvalue weighted by Gasteiger charge is -2.03. The third kappa shape index (κ3) is 4.15. The Kier molecular flexibility index (Phi) is 5.00. The summed E-state index contributed by atoms with van der Waals surface area (Å²) < 4.78 is 53.5. The molecule has 0 bridgehead atoms. The number of rotatable bonds is 4. The summed E-state index contributed by atoms with van der Waals surface area (Å²) in [4.78, 5) is 16.2. The summed E-state index contributed by atoms with van der Waals surface area (Å²) in [7, 11) is 1.21. The second kappa shape index (κ2) is 7.10. The quantitative estimate of drug-likeness (QED) is 0.624. The van der Waals surface area contributed by atoms with Gasteiger partial charge >= 0.3 is 6.18 Å². The molecule has 0 fully saturated rings. The number of halogens is 5. The lowest BCUT2D eigenvalue weighted by atomic mass is 10.2. The molecule has 3 aromatic rings. The minimum Gasteiger partial charge on any atom is -0.288 e. The molecule has 0 aliphatic carbocycles. The van der Waals surface area contributed by atoms with E-state index in [1.54, 1.807) is 12.1 Å². The topological polar surface area (TPSA) is 77.6 Å². The molecule has 7 nitrogen and oxygen atoms in total. The van der Waals surface area contributed by atoms with E-state index in [4.69, 9.17) is 0 Å². The van der Waals surface area contributed by atoms with Gasteiger partial charge in [0.25, 0.3) is 5.91 Å². The lowest BCUT2D eigenvalue weighted by molar-refractivity contribution is -0.142. The van der Waals surface area contributed by atoms with Gasteiger partial charge in [0, 0.05) is 7.05 Å². The summed E-state index contributed by atoms with van der Waals surface area (Å²) in [6, 6.07) is 5.86. The standard InChI is InChI=1S/C15H11BrF4N6O/c1-25-11(10(16)12(23-25)15(18,19)20)13(27)22-14-21-7-26(24-14)6-8-3-2-4-9(17)5-8/h2-5,7H,6H2,1H3,(H,22,24,27). The maximum absolute atomic E-state index is 13.2. The molecule has 1 aromatic carbocycles. The van der Waals surface area contributed by atoms with Crippen LogP contribution in [0.15, 0.2) is 35.1 Å². The molecule has 1 amide bonds. The zero-order chi connectivity index (χ0) is 19.8. The van der Waals surface area contributed by atoms with Crippen molar-refractivity contribution in [3.63, 3.8) is 0 Å². The second-order valence-electron chi connectivity index (χ2n) is 5.48. The number of benzene rings is 1. The molecule has 0 aliphatic heterocycles. The highest BCUT2D eigenvalue weighted by Crippen LogP contribution is 2.35. The van der Waals surface area contributed by atoms with Crippen LogP contribution in [0.1, 0.15) is 21.7 Å². The number of carbonyl (C=O) groups excluding carboxylic acids is 1. The van der Waals surface area contributed by atoms with Gasteiger partial charge in [0.1, 0.15) is 17.8 Å². The summed E-state index contributed by atoms with van der Waals surface area (Å²) in [5.41, 5.74) is -0.912. The van der Waals surface area contributed by atoms with Crippen LogP contribution in [0.5, 0.6) is 0 Å². The van der Waals surface area contributed by atoms with Crippen molar-refractivity contribution in [1.29, 1.82) is 0 Å². The number of hydrogen-bond donors (Lipinski definition) is 1. The molecule has 27 heavy (non-hydrogen) atoms. The van der Waals surface area contributed by atoms with Gasteiger partial charge in [-0.1, -0.05) is 12.1 Å². The van der Waals surface area contributed by atoms with Crippen LogP contribution in [0, 0.1) is 5.82 Å². The van der Waals surface area contributed by atoms with E-state index in [1.165, 1.54) is 30.2 Å². The maximum atomic E-state index is 13.2. The van der Waals surface area contributed by atoms with Crippen molar-refractivity contribution >= 4 is 27.8 Å². The minimum absolute atomic E-state index is 0.113. The van der Waals surface area contributed by atoms with Gasteiger partial charge in [-0.3, -0.25) is 14.8 Å². The van der Waals surface area contributed by atoms with Crippen molar-refractivity contribution < 1.29 is 22.4 Å². The van der Waals surface area contributed by atoms with Gasteiger partial charge in [0.05, 0.1) is 11.0 Å². The monoisotopic (exact) mass is 446 g/mol. The summed E-state index contributed by atoms with van der Waals surface area (Å²) in [6.07, 6.45) is -3.40. The summed E-state index contributed by atoms with van der Waals surface area (Å²) in [5.74, 6) is -1.38. The van der Waals surface area contributed by atoms with E-state index in [9.17, 15) is 22.4 Å². The molecule has 0 spiro atoms. The number of carbonyl (C=O) groups is 1. The number of anilines is 1. The smallest absolute Gasteiger partial charge is 0.288 e. The molecule has 2 aromatic heterocycles. The molecule has 0 radical (unpaired) electrons. The number of nitrogens with one attached hydrogen (secondary N) is 1. The molecular weight excluding hydrogens is 436 g/mol. The number of amides is 1. The highest BCUT2D eigenvalue weighted by Gasteiger charge is 2.39. The number of aryl methyl sites for hydroxylation is 1. The van der Waals surface area contributed by atoms with Crippen molar-refractivity contribution in [2.45, 2.75) is 12.7 Å². The van der Waals surface area contributed by atoms with Crippen LogP contribution in [-0.4, -0.2) is 30.5 Å². The Morgan fingerprint density at radius 2 is 2.04 bits per heavy atom. The molecule has 0 saturated carbocycles. The predicted molar refractivity (Wildman–Crippen MR) is 89.4 cm³/mol. The fourth-order valence-corrected chi connectivity index (χ4v) is 3.08. The van der Waals surface area contributed by atoms with Crippen LogP contribution < -0.4 is 5.32 Å². The van der Waals surface area contributed by atoms with E-state index in [0.717, 1.165) is 4.68 Å². The van der Waals surface area contributed by atoms with Crippen LogP contribution in [0.3, 0.4) is 0 Å². The normalized spacial score (nSPS) is 11.6. The van der Waals surface area contributed by atoms with Gasteiger partial charge in [0.2, 0.25) is 5.95 Å². The van der Waals surface area contributed by atoms with Crippen molar-refractivity contribution in [1.82, 2.24) is 24.5 Å². The first-order valence-electron chi connectivity index (χ1n) is 7.40. The Morgan fingerprint density at radius 3 is 2.67 bits per heavy atom. The zero-order valence-corrected chi connectivity index (χ0v) is 15.2.